The Morgan fingerprint density at radius 2 is 1.90 bits per heavy atom. The van der Waals surface area contributed by atoms with E-state index in [0.717, 1.165) is 38.6 Å². The number of likely N-dealkylation sites (tertiary alicyclic amines) is 1. The highest BCUT2D eigenvalue weighted by Gasteiger charge is 2.49. The lowest BCUT2D eigenvalue weighted by atomic mass is 9.90. The minimum Gasteiger partial charge on any atom is -0.461 e. The number of anilines is 1. The molecule has 5 atom stereocenters. The molecule has 2 aromatic heterocycles. The third-order valence-electron chi connectivity index (χ3n) is 12.7. The van der Waals surface area contributed by atoms with Gasteiger partial charge in [-0.2, -0.15) is 9.97 Å². The molecule has 6 aliphatic heterocycles. The number of pyridine rings is 1. The quantitative estimate of drug-likeness (QED) is 0.209. The molecule has 0 saturated carbocycles. The molecule has 6 bridgehead atoms. The summed E-state index contributed by atoms with van der Waals surface area (Å²) in [5.74, 6) is -1.18. The minimum absolute atomic E-state index is 0.0173. The molecule has 0 unspecified atom stereocenters. The van der Waals surface area contributed by atoms with Gasteiger partial charge in [-0.15, -0.1) is 0 Å². The monoisotopic (exact) mass is 805 g/mol. The number of amides is 2. The standard InChI is InChI=1S/C42H47F4N7O5/c1-24-7-3-4-13-53(24)40(55)58-28-15-25-9-10-32(45)29-8-5-14-56-39(54)50-41(2)17-26(43)20-51(22-41)37-31-19-47-35(30(16-28)33(25)29)34(46)36(31)48-38(49-37)57-23-42-11-6-12-52(42)21-27(44)18-42/h9-10,15-16,19,24,26-27H,3-8,11-14,17-18,20-23H2,1-2H3,(H,50,54)/t24-,26-,27-,41-,42+/m1/s1. The number of ether oxygens (including phenoxy) is 3. The van der Waals surface area contributed by atoms with Crippen molar-refractivity contribution in [1.29, 1.82) is 0 Å². The van der Waals surface area contributed by atoms with E-state index >= 15 is 13.2 Å². The number of alkyl halides is 2. The number of rotatable bonds is 4. The fraction of sp³-hybridized carbons (Fsp3) is 0.548. The summed E-state index contributed by atoms with van der Waals surface area (Å²) in [5, 5.41) is 3.78. The summed E-state index contributed by atoms with van der Waals surface area (Å²) in [6.45, 7) is 5.18. The third kappa shape index (κ3) is 7.10. The van der Waals surface area contributed by atoms with Crippen molar-refractivity contribution in [3.63, 3.8) is 0 Å². The van der Waals surface area contributed by atoms with Crippen molar-refractivity contribution >= 4 is 39.7 Å². The number of nitrogens with zero attached hydrogens (tertiary/aromatic N) is 6. The average molecular weight is 806 g/mol. The van der Waals surface area contributed by atoms with E-state index in [-0.39, 0.29) is 103 Å². The normalized spacial score (nSPS) is 27.8. The fourth-order valence-corrected chi connectivity index (χ4v) is 9.96. The number of nitrogens with one attached hydrogen (secondary N) is 1. The van der Waals surface area contributed by atoms with Gasteiger partial charge >= 0.3 is 18.2 Å². The van der Waals surface area contributed by atoms with E-state index in [0.29, 0.717) is 23.9 Å². The molecule has 4 aromatic rings. The van der Waals surface area contributed by atoms with Gasteiger partial charge in [0.25, 0.3) is 0 Å². The number of aromatic nitrogens is 3. The van der Waals surface area contributed by atoms with Crippen molar-refractivity contribution in [1.82, 2.24) is 30.1 Å². The van der Waals surface area contributed by atoms with Crippen molar-refractivity contribution in [2.75, 3.05) is 50.8 Å². The summed E-state index contributed by atoms with van der Waals surface area (Å²) >= 11 is 0. The minimum atomic E-state index is -1.41. The maximum Gasteiger partial charge on any atom is 0.415 e. The van der Waals surface area contributed by atoms with Gasteiger partial charge in [-0.05, 0) is 99.9 Å². The maximum atomic E-state index is 17.5. The van der Waals surface area contributed by atoms with Crippen LogP contribution in [0.5, 0.6) is 11.8 Å². The molecule has 0 radical (unpaired) electrons. The summed E-state index contributed by atoms with van der Waals surface area (Å²) < 4.78 is 81.6. The van der Waals surface area contributed by atoms with Crippen LogP contribution in [-0.2, 0) is 11.2 Å². The average Bonchev–Trinajstić information content (AvgIpc) is 3.71. The summed E-state index contributed by atoms with van der Waals surface area (Å²) in [6, 6.07) is 5.72. The first-order valence-corrected chi connectivity index (χ1v) is 20.3. The van der Waals surface area contributed by atoms with Gasteiger partial charge in [0, 0.05) is 50.3 Å². The van der Waals surface area contributed by atoms with Crippen molar-refractivity contribution < 1.29 is 41.4 Å². The fourth-order valence-electron chi connectivity index (χ4n) is 9.96. The molecule has 0 aliphatic carbocycles. The second-order valence-corrected chi connectivity index (χ2v) is 17.0. The van der Waals surface area contributed by atoms with E-state index in [4.69, 9.17) is 19.2 Å². The predicted molar refractivity (Wildman–Crippen MR) is 208 cm³/mol. The van der Waals surface area contributed by atoms with Gasteiger partial charge in [0.2, 0.25) is 0 Å². The van der Waals surface area contributed by atoms with Crippen LogP contribution in [0.25, 0.3) is 32.9 Å². The Kier molecular flexibility index (Phi) is 9.96. The molecular formula is C42H47F4N7O5. The van der Waals surface area contributed by atoms with Crippen molar-refractivity contribution in [2.45, 2.75) is 101 Å². The molecule has 2 aromatic carbocycles. The van der Waals surface area contributed by atoms with Crippen LogP contribution in [0.2, 0.25) is 0 Å². The van der Waals surface area contributed by atoms with Crippen LogP contribution >= 0.6 is 0 Å². The first-order chi connectivity index (χ1) is 27.9. The molecule has 12 nitrogen and oxygen atoms in total. The molecule has 16 heteroatoms. The van der Waals surface area contributed by atoms with Crippen LogP contribution in [0.1, 0.15) is 70.8 Å². The molecule has 6 aliphatic rings. The largest absolute Gasteiger partial charge is 0.461 e. The van der Waals surface area contributed by atoms with Gasteiger partial charge in [-0.25, -0.2) is 27.2 Å². The zero-order chi connectivity index (χ0) is 40.3. The molecular weight excluding hydrogens is 758 g/mol. The molecule has 308 valence electrons. The number of hydrogen-bond donors (Lipinski definition) is 1. The highest BCUT2D eigenvalue weighted by atomic mass is 19.1. The summed E-state index contributed by atoms with van der Waals surface area (Å²) in [6.07, 6.45) is 2.54. The van der Waals surface area contributed by atoms with E-state index < -0.39 is 47.2 Å². The SMILES string of the molecule is C[C@@H]1CCCCN1C(=O)Oc1cc2c3c(c(F)ccc3c1)CCCOC(=O)N[C@]1(C)C[C@@H](F)CN(C1)c1nc(OC[C@@]34CCCN3C[C@H](F)C4)nc3c(F)c-2ncc13. The molecule has 58 heavy (non-hydrogen) atoms. The smallest absolute Gasteiger partial charge is 0.415 e. The van der Waals surface area contributed by atoms with Crippen molar-refractivity contribution in [2.24, 2.45) is 0 Å². The Bertz CT molecular complexity index is 2280. The first-order valence-electron chi connectivity index (χ1n) is 20.3. The zero-order valence-electron chi connectivity index (χ0n) is 32.7. The highest BCUT2D eigenvalue weighted by Crippen LogP contribution is 2.43. The van der Waals surface area contributed by atoms with Gasteiger partial charge in [0.15, 0.2) is 5.82 Å². The van der Waals surface area contributed by atoms with Crippen LogP contribution < -0.4 is 19.7 Å². The lowest BCUT2D eigenvalue weighted by Gasteiger charge is -2.42. The first kappa shape index (κ1) is 38.5. The van der Waals surface area contributed by atoms with Gasteiger partial charge in [-0.1, -0.05) is 6.07 Å². The topological polar surface area (TPSA) is 122 Å². The number of halogens is 4. The Morgan fingerprint density at radius 3 is 2.74 bits per heavy atom. The Hall–Kier alpha value is -4.99. The zero-order valence-corrected chi connectivity index (χ0v) is 32.7. The van der Waals surface area contributed by atoms with E-state index in [1.54, 1.807) is 22.8 Å². The van der Waals surface area contributed by atoms with E-state index in [1.165, 1.54) is 24.4 Å². The molecule has 8 heterocycles. The molecule has 0 spiro atoms. The van der Waals surface area contributed by atoms with Crippen molar-refractivity contribution in [3.8, 4) is 23.0 Å². The molecule has 4 fully saturated rings. The lowest BCUT2D eigenvalue weighted by molar-refractivity contribution is 0.107. The maximum absolute atomic E-state index is 17.5. The van der Waals surface area contributed by atoms with Crippen LogP contribution in [0.4, 0.5) is 33.0 Å². The number of benzene rings is 2. The second-order valence-electron chi connectivity index (χ2n) is 17.0. The summed E-state index contributed by atoms with van der Waals surface area (Å²) in [5.41, 5.74) is -1.67. The molecule has 10 rings (SSSR count). The van der Waals surface area contributed by atoms with Crippen molar-refractivity contribution in [3.05, 3.63) is 47.7 Å². The second kappa shape index (κ2) is 15.0. The van der Waals surface area contributed by atoms with E-state index in [9.17, 15) is 14.0 Å². The third-order valence-corrected chi connectivity index (χ3v) is 12.7. The predicted octanol–water partition coefficient (Wildman–Crippen LogP) is 7.43. The molecule has 4 saturated heterocycles. The Balaban J connectivity index is 1.21. The van der Waals surface area contributed by atoms with Crippen LogP contribution in [0.15, 0.2) is 30.5 Å². The van der Waals surface area contributed by atoms with Gasteiger partial charge in [0.1, 0.15) is 47.5 Å². The van der Waals surface area contributed by atoms with E-state index in [1.807, 2.05) is 6.92 Å². The Labute approximate surface area is 333 Å². The van der Waals surface area contributed by atoms with Crippen LogP contribution in [-0.4, -0.2) is 112 Å². The van der Waals surface area contributed by atoms with Crippen LogP contribution in [0, 0.1) is 11.6 Å². The summed E-state index contributed by atoms with van der Waals surface area (Å²) in [7, 11) is 0. The number of piperidine rings is 2. The number of hydrogen-bond acceptors (Lipinski definition) is 10. The van der Waals surface area contributed by atoms with Gasteiger partial charge < -0.3 is 29.3 Å². The number of fused-ring (bicyclic) bond motifs is 7. The highest BCUT2D eigenvalue weighted by molar-refractivity contribution is 6.02. The summed E-state index contributed by atoms with van der Waals surface area (Å²) in [4.78, 5) is 45.9. The Morgan fingerprint density at radius 1 is 1.05 bits per heavy atom. The number of aryl methyl sites for hydroxylation is 1. The van der Waals surface area contributed by atoms with Gasteiger partial charge in [-0.3, -0.25) is 9.88 Å². The number of alkyl carbamates (subject to hydrolysis) is 1. The van der Waals surface area contributed by atoms with E-state index in [2.05, 4.69) is 20.2 Å². The lowest BCUT2D eigenvalue weighted by Crippen LogP contribution is -2.60. The van der Waals surface area contributed by atoms with Crippen LogP contribution in [0.3, 0.4) is 0 Å². The van der Waals surface area contributed by atoms with Gasteiger partial charge in [0.05, 0.1) is 29.6 Å². The number of carbonyl (C=O) groups is 2. The number of carbonyl (C=O) groups excluding carboxylic acids is 2. The molecule has 1 N–H and O–H groups in total. The molecule has 2 amide bonds.